The zero-order valence-electron chi connectivity index (χ0n) is 19.0. The normalized spacial score (nSPS) is 14.6. The number of imide groups is 1. The Morgan fingerprint density at radius 3 is 2.83 bits per heavy atom. The molecular formula is C23H22N6O3S3. The summed E-state index contributed by atoms with van der Waals surface area (Å²) in [7, 11) is 0. The molecule has 1 aromatic carbocycles. The van der Waals surface area contributed by atoms with Crippen LogP contribution in [0.4, 0.5) is 15.6 Å². The summed E-state index contributed by atoms with van der Waals surface area (Å²) in [5, 5.41) is 14.5. The van der Waals surface area contributed by atoms with Crippen LogP contribution in [0.25, 0.3) is 6.08 Å². The number of hydrogen-bond donors (Lipinski definition) is 2. The van der Waals surface area contributed by atoms with E-state index in [2.05, 4.69) is 31.9 Å². The van der Waals surface area contributed by atoms with Gasteiger partial charge in [-0.25, -0.2) is 0 Å². The highest BCUT2D eigenvalue weighted by Crippen LogP contribution is 2.32. The van der Waals surface area contributed by atoms with Crippen LogP contribution in [0.15, 0.2) is 52.0 Å². The van der Waals surface area contributed by atoms with Crippen molar-refractivity contribution in [2.24, 2.45) is 0 Å². The molecule has 4 rings (SSSR count). The van der Waals surface area contributed by atoms with Gasteiger partial charge in [-0.05, 0) is 54.9 Å². The van der Waals surface area contributed by atoms with Gasteiger partial charge in [0.15, 0.2) is 4.34 Å². The third-order valence-corrected chi connectivity index (χ3v) is 7.75. The van der Waals surface area contributed by atoms with Crippen LogP contribution >= 0.6 is 34.9 Å². The molecular weight excluding hydrogens is 504 g/mol. The molecule has 1 aliphatic heterocycles. The van der Waals surface area contributed by atoms with Crippen molar-refractivity contribution in [1.29, 1.82) is 0 Å². The molecule has 3 heterocycles. The summed E-state index contributed by atoms with van der Waals surface area (Å²) in [6.45, 7) is 4.34. The fraction of sp³-hybridized carbons (Fsp3) is 0.217. The number of carbonyl (C=O) groups excluding carboxylic acids is 3. The van der Waals surface area contributed by atoms with Crippen LogP contribution in [-0.4, -0.2) is 56.0 Å². The molecule has 2 aromatic heterocycles. The van der Waals surface area contributed by atoms with E-state index in [-0.39, 0.29) is 35.9 Å². The second-order valence-corrected chi connectivity index (χ2v) is 10.8. The standard InChI is InChI=1S/C23H22N6O3S3/c1-14-5-6-17(15(2)10-14)26-21-27-28-22(35-21)33-13-19(30)25-8-9-29-20(31)18(34-23(29)32)11-16-4-3-7-24-12-16/h3-7,10-12H,8-9,13H2,1-2H3,(H,25,30)(H,26,27)/b18-11-. The van der Waals surface area contributed by atoms with Crippen LogP contribution in [0.3, 0.4) is 0 Å². The number of amides is 3. The van der Waals surface area contributed by atoms with E-state index in [0.717, 1.165) is 33.5 Å². The summed E-state index contributed by atoms with van der Waals surface area (Å²) in [6.07, 6.45) is 4.89. The van der Waals surface area contributed by atoms with Crippen LogP contribution in [0, 0.1) is 13.8 Å². The molecule has 0 atom stereocenters. The second kappa shape index (κ2) is 11.5. The molecule has 1 saturated heterocycles. The molecule has 180 valence electrons. The van der Waals surface area contributed by atoms with Crippen LogP contribution in [-0.2, 0) is 9.59 Å². The minimum atomic E-state index is -0.370. The van der Waals surface area contributed by atoms with Gasteiger partial charge in [0.05, 0.1) is 10.7 Å². The SMILES string of the molecule is Cc1ccc(Nc2nnc(SCC(=O)NCCN3C(=O)S/C(=C\c4cccnc4)C3=O)s2)c(C)c1. The Bertz CT molecular complexity index is 1280. The van der Waals surface area contributed by atoms with Crippen molar-refractivity contribution in [2.75, 3.05) is 24.2 Å². The zero-order valence-corrected chi connectivity index (χ0v) is 21.4. The van der Waals surface area contributed by atoms with Crippen molar-refractivity contribution in [1.82, 2.24) is 25.4 Å². The molecule has 3 amide bonds. The fourth-order valence-corrected chi connectivity index (χ4v) is 5.64. The number of aryl methyl sites for hydroxylation is 2. The van der Waals surface area contributed by atoms with Gasteiger partial charge < -0.3 is 10.6 Å². The minimum absolute atomic E-state index is 0.105. The number of hydrogen-bond acceptors (Lipinski definition) is 10. The lowest BCUT2D eigenvalue weighted by molar-refractivity contribution is -0.123. The van der Waals surface area contributed by atoms with Gasteiger partial charge >= 0.3 is 0 Å². The van der Waals surface area contributed by atoms with E-state index >= 15 is 0 Å². The maximum absolute atomic E-state index is 12.5. The highest BCUT2D eigenvalue weighted by Gasteiger charge is 2.34. The summed E-state index contributed by atoms with van der Waals surface area (Å²) in [5.74, 6) is -0.432. The number of nitrogens with zero attached hydrogens (tertiary/aromatic N) is 4. The molecule has 0 aliphatic carbocycles. The van der Waals surface area contributed by atoms with Gasteiger partial charge in [-0.3, -0.25) is 24.3 Å². The van der Waals surface area contributed by atoms with Gasteiger partial charge in [0.25, 0.3) is 11.1 Å². The Kier molecular flexibility index (Phi) is 8.16. The summed E-state index contributed by atoms with van der Waals surface area (Å²) >= 11 is 3.53. The number of benzene rings is 1. The maximum atomic E-state index is 12.5. The predicted octanol–water partition coefficient (Wildman–Crippen LogP) is 4.24. The first-order valence-electron chi connectivity index (χ1n) is 10.6. The smallest absolute Gasteiger partial charge is 0.293 e. The minimum Gasteiger partial charge on any atom is -0.354 e. The van der Waals surface area contributed by atoms with E-state index in [1.165, 1.54) is 28.7 Å². The largest absolute Gasteiger partial charge is 0.354 e. The number of anilines is 2. The number of rotatable bonds is 9. The number of aromatic nitrogens is 3. The lowest BCUT2D eigenvalue weighted by atomic mass is 10.1. The molecule has 1 fully saturated rings. The van der Waals surface area contributed by atoms with Crippen LogP contribution in [0.2, 0.25) is 0 Å². The molecule has 1 aliphatic rings. The van der Waals surface area contributed by atoms with Gasteiger partial charge in [-0.2, -0.15) is 0 Å². The Hall–Kier alpha value is -3.22. The van der Waals surface area contributed by atoms with E-state index in [0.29, 0.717) is 14.4 Å². The number of thioether (sulfide) groups is 2. The lowest BCUT2D eigenvalue weighted by Crippen LogP contribution is -2.37. The molecule has 0 saturated carbocycles. The topological polar surface area (TPSA) is 117 Å². The number of nitrogens with one attached hydrogen (secondary N) is 2. The summed E-state index contributed by atoms with van der Waals surface area (Å²) in [6, 6.07) is 9.67. The Morgan fingerprint density at radius 1 is 1.20 bits per heavy atom. The van der Waals surface area contributed by atoms with Crippen molar-refractivity contribution < 1.29 is 14.4 Å². The molecule has 0 spiro atoms. The average molecular weight is 527 g/mol. The van der Waals surface area contributed by atoms with Gasteiger partial charge in [0, 0.05) is 31.2 Å². The quantitative estimate of drug-likeness (QED) is 0.312. The second-order valence-electron chi connectivity index (χ2n) is 7.57. The van der Waals surface area contributed by atoms with Crippen molar-refractivity contribution in [3.63, 3.8) is 0 Å². The summed E-state index contributed by atoms with van der Waals surface area (Å²) < 4.78 is 0.666. The average Bonchev–Trinajstić information content (AvgIpc) is 3.39. The highest BCUT2D eigenvalue weighted by atomic mass is 32.2. The molecule has 12 heteroatoms. The molecule has 9 nitrogen and oxygen atoms in total. The van der Waals surface area contributed by atoms with E-state index in [4.69, 9.17) is 0 Å². The van der Waals surface area contributed by atoms with Gasteiger partial charge in [-0.15, -0.1) is 10.2 Å². The molecule has 0 bridgehead atoms. The highest BCUT2D eigenvalue weighted by molar-refractivity contribution is 8.18. The van der Waals surface area contributed by atoms with Crippen molar-refractivity contribution in [2.45, 2.75) is 18.2 Å². The number of pyridine rings is 1. The third kappa shape index (κ3) is 6.68. The molecule has 3 aromatic rings. The molecule has 35 heavy (non-hydrogen) atoms. The summed E-state index contributed by atoms with van der Waals surface area (Å²) in [5.41, 5.74) is 4.00. The molecule has 2 N–H and O–H groups in total. The monoisotopic (exact) mass is 526 g/mol. The zero-order chi connectivity index (χ0) is 24.8. The third-order valence-electron chi connectivity index (χ3n) is 4.87. The predicted molar refractivity (Wildman–Crippen MR) is 140 cm³/mol. The van der Waals surface area contributed by atoms with Crippen LogP contribution in [0.5, 0.6) is 0 Å². The maximum Gasteiger partial charge on any atom is 0.293 e. The Balaban J connectivity index is 1.21. The van der Waals surface area contributed by atoms with E-state index in [1.54, 1.807) is 30.6 Å². The number of carbonyl (C=O) groups is 3. The van der Waals surface area contributed by atoms with Gasteiger partial charge in [0.1, 0.15) is 0 Å². The van der Waals surface area contributed by atoms with Gasteiger partial charge in [0.2, 0.25) is 11.0 Å². The Morgan fingerprint density at radius 2 is 2.06 bits per heavy atom. The first-order chi connectivity index (χ1) is 16.9. The first kappa shape index (κ1) is 24.9. The lowest BCUT2D eigenvalue weighted by Gasteiger charge is -2.12. The van der Waals surface area contributed by atoms with Crippen LogP contribution < -0.4 is 10.6 Å². The van der Waals surface area contributed by atoms with Crippen molar-refractivity contribution >= 4 is 68.8 Å². The van der Waals surface area contributed by atoms with E-state index < -0.39 is 0 Å². The Labute approximate surface area is 214 Å². The summed E-state index contributed by atoms with van der Waals surface area (Å²) in [4.78, 5) is 42.5. The van der Waals surface area contributed by atoms with E-state index in [1.807, 2.05) is 26.0 Å². The van der Waals surface area contributed by atoms with Crippen molar-refractivity contribution in [3.8, 4) is 0 Å². The van der Waals surface area contributed by atoms with Gasteiger partial charge in [-0.1, -0.05) is 46.9 Å². The molecule has 0 radical (unpaired) electrons. The first-order valence-corrected chi connectivity index (χ1v) is 13.2. The van der Waals surface area contributed by atoms with Crippen LogP contribution in [0.1, 0.15) is 16.7 Å². The van der Waals surface area contributed by atoms with E-state index in [9.17, 15) is 14.4 Å². The van der Waals surface area contributed by atoms with Crippen molar-refractivity contribution in [3.05, 3.63) is 64.3 Å². The molecule has 0 unspecified atom stereocenters. The fourth-order valence-electron chi connectivity index (χ4n) is 3.18.